The third-order valence-electron chi connectivity index (χ3n) is 2.85. The molecule has 19 heavy (non-hydrogen) atoms. The summed E-state index contributed by atoms with van der Waals surface area (Å²) in [6.07, 6.45) is 5.15. The quantitative estimate of drug-likeness (QED) is 0.743. The number of nitrogens with zero attached hydrogens (tertiary/aromatic N) is 3. The first-order valence-corrected chi connectivity index (χ1v) is 6.53. The minimum atomic E-state index is 0.174. The molecule has 0 radical (unpaired) electrons. The van der Waals surface area contributed by atoms with Gasteiger partial charge in [0.2, 0.25) is 0 Å². The van der Waals surface area contributed by atoms with Crippen LogP contribution in [0, 0.1) is 0 Å². The molecule has 1 unspecified atom stereocenters. The molecule has 2 N–H and O–H groups in total. The summed E-state index contributed by atoms with van der Waals surface area (Å²) in [6.45, 7) is 3.67. The van der Waals surface area contributed by atoms with Crippen LogP contribution in [-0.2, 0) is 19.5 Å². The summed E-state index contributed by atoms with van der Waals surface area (Å²) in [7, 11) is 0. The van der Waals surface area contributed by atoms with Crippen LogP contribution in [0.2, 0.25) is 0 Å². The fourth-order valence-electron chi connectivity index (χ4n) is 1.84. The molecule has 0 amide bonds. The zero-order chi connectivity index (χ0) is 13.5. The third-order valence-corrected chi connectivity index (χ3v) is 2.85. The summed E-state index contributed by atoms with van der Waals surface area (Å²) in [5.74, 6) is 0.978. The summed E-state index contributed by atoms with van der Waals surface area (Å²) in [4.78, 5) is 0. The van der Waals surface area contributed by atoms with E-state index in [2.05, 4.69) is 22.6 Å². The Balaban J connectivity index is 1.73. The van der Waals surface area contributed by atoms with Gasteiger partial charge in [-0.15, -0.1) is 5.10 Å². The Hall–Kier alpha value is -1.66. The molecule has 0 aromatic carbocycles. The lowest BCUT2D eigenvalue weighted by Crippen LogP contribution is -2.27. The standard InChI is InChI=1S/C13H20N4O2/c1-11(8-13-4-2-7-19-13)14-9-12-10-17(16-15-12)5-3-6-18/h2,4,7,10-11,14,18H,3,5-6,8-9H2,1H3. The molecule has 0 saturated heterocycles. The predicted octanol–water partition coefficient (Wildman–Crippen LogP) is 0.974. The second kappa shape index (κ2) is 7.06. The lowest BCUT2D eigenvalue weighted by molar-refractivity contribution is 0.276. The summed E-state index contributed by atoms with van der Waals surface area (Å²) >= 11 is 0. The van der Waals surface area contributed by atoms with Crippen molar-refractivity contribution in [2.45, 2.75) is 38.9 Å². The maximum Gasteiger partial charge on any atom is 0.105 e. The summed E-state index contributed by atoms with van der Waals surface area (Å²) < 4.78 is 7.06. The molecule has 1 atom stereocenters. The van der Waals surface area contributed by atoms with Crippen molar-refractivity contribution >= 4 is 0 Å². The number of aliphatic hydroxyl groups excluding tert-OH is 1. The van der Waals surface area contributed by atoms with Crippen LogP contribution in [0.1, 0.15) is 24.8 Å². The number of aromatic nitrogens is 3. The Bertz CT molecular complexity index is 467. The lowest BCUT2D eigenvalue weighted by Gasteiger charge is -2.10. The molecule has 0 aliphatic rings. The van der Waals surface area contributed by atoms with Gasteiger partial charge in [-0.2, -0.15) is 0 Å². The van der Waals surface area contributed by atoms with Crippen LogP contribution in [0.25, 0.3) is 0 Å². The maximum atomic E-state index is 8.75. The number of rotatable bonds is 8. The SMILES string of the molecule is CC(Cc1ccco1)NCc1cn(CCCO)nn1. The molecule has 0 aliphatic carbocycles. The molecule has 0 aliphatic heterocycles. The van der Waals surface area contributed by atoms with Crippen molar-refractivity contribution in [3.8, 4) is 0 Å². The van der Waals surface area contributed by atoms with Gasteiger partial charge in [-0.1, -0.05) is 5.21 Å². The van der Waals surface area contributed by atoms with Crippen molar-refractivity contribution in [1.29, 1.82) is 0 Å². The first-order valence-electron chi connectivity index (χ1n) is 6.53. The molecule has 6 nitrogen and oxygen atoms in total. The topological polar surface area (TPSA) is 76.1 Å². The van der Waals surface area contributed by atoms with E-state index in [0.29, 0.717) is 25.6 Å². The van der Waals surface area contributed by atoms with Crippen molar-refractivity contribution in [2.24, 2.45) is 0 Å². The second-order valence-corrected chi connectivity index (χ2v) is 4.62. The second-order valence-electron chi connectivity index (χ2n) is 4.62. The third kappa shape index (κ3) is 4.50. The largest absolute Gasteiger partial charge is 0.469 e. The smallest absolute Gasteiger partial charge is 0.105 e. The van der Waals surface area contributed by atoms with Crippen LogP contribution in [0.4, 0.5) is 0 Å². The number of aryl methyl sites for hydroxylation is 1. The van der Waals surface area contributed by atoms with E-state index in [4.69, 9.17) is 9.52 Å². The van der Waals surface area contributed by atoms with Gasteiger partial charge in [0.1, 0.15) is 5.76 Å². The highest BCUT2D eigenvalue weighted by Crippen LogP contribution is 2.04. The molecule has 6 heteroatoms. The Morgan fingerprint density at radius 3 is 3.16 bits per heavy atom. The molecule has 104 valence electrons. The van der Waals surface area contributed by atoms with Gasteiger partial charge < -0.3 is 14.8 Å². The van der Waals surface area contributed by atoms with Gasteiger partial charge >= 0.3 is 0 Å². The van der Waals surface area contributed by atoms with Gasteiger partial charge in [-0.05, 0) is 25.5 Å². The molecule has 2 heterocycles. The molecule has 2 rings (SSSR count). The van der Waals surface area contributed by atoms with E-state index in [1.54, 1.807) is 10.9 Å². The molecule has 2 aromatic heterocycles. The Labute approximate surface area is 112 Å². The average Bonchev–Trinajstić information content (AvgIpc) is 3.05. The highest BCUT2D eigenvalue weighted by atomic mass is 16.3. The van der Waals surface area contributed by atoms with Crippen LogP contribution < -0.4 is 5.32 Å². The Morgan fingerprint density at radius 1 is 1.53 bits per heavy atom. The maximum absolute atomic E-state index is 8.75. The fourth-order valence-corrected chi connectivity index (χ4v) is 1.84. The van der Waals surface area contributed by atoms with E-state index < -0.39 is 0 Å². The Kier molecular flexibility index (Phi) is 5.11. The molecule has 0 spiro atoms. The first-order chi connectivity index (χ1) is 9.28. The lowest BCUT2D eigenvalue weighted by atomic mass is 10.2. The van der Waals surface area contributed by atoms with Crippen molar-refractivity contribution in [2.75, 3.05) is 6.61 Å². The molecule has 0 bridgehead atoms. The summed E-state index contributed by atoms with van der Waals surface area (Å²) in [5.41, 5.74) is 0.907. The Morgan fingerprint density at radius 2 is 2.42 bits per heavy atom. The van der Waals surface area contributed by atoms with Crippen molar-refractivity contribution in [1.82, 2.24) is 20.3 Å². The van der Waals surface area contributed by atoms with Crippen LogP contribution >= 0.6 is 0 Å². The number of aliphatic hydroxyl groups is 1. The molecule has 0 saturated carbocycles. The molecular weight excluding hydrogens is 244 g/mol. The van der Waals surface area contributed by atoms with E-state index in [1.165, 1.54) is 0 Å². The minimum absolute atomic E-state index is 0.174. The number of furan rings is 1. The molecule has 2 aromatic rings. The summed E-state index contributed by atoms with van der Waals surface area (Å²) in [6, 6.07) is 4.19. The van der Waals surface area contributed by atoms with Crippen LogP contribution in [0.3, 0.4) is 0 Å². The van der Waals surface area contributed by atoms with Gasteiger partial charge in [-0.25, -0.2) is 0 Å². The monoisotopic (exact) mass is 264 g/mol. The van der Waals surface area contributed by atoms with E-state index in [9.17, 15) is 0 Å². The number of hydrogen-bond donors (Lipinski definition) is 2. The van der Waals surface area contributed by atoms with E-state index >= 15 is 0 Å². The first kappa shape index (κ1) is 13.8. The van der Waals surface area contributed by atoms with Gasteiger partial charge in [-0.3, -0.25) is 4.68 Å². The van der Waals surface area contributed by atoms with Crippen LogP contribution in [0.5, 0.6) is 0 Å². The van der Waals surface area contributed by atoms with Gasteiger partial charge in [0.15, 0.2) is 0 Å². The minimum Gasteiger partial charge on any atom is -0.469 e. The zero-order valence-corrected chi connectivity index (χ0v) is 11.1. The molecule has 0 fully saturated rings. The van der Waals surface area contributed by atoms with Crippen LogP contribution in [0.15, 0.2) is 29.0 Å². The molecular formula is C13H20N4O2. The normalized spacial score (nSPS) is 12.7. The van der Waals surface area contributed by atoms with E-state index in [0.717, 1.165) is 17.9 Å². The predicted molar refractivity (Wildman–Crippen MR) is 70.4 cm³/mol. The van der Waals surface area contributed by atoms with Gasteiger partial charge in [0.05, 0.1) is 12.0 Å². The van der Waals surface area contributed by atoms with Crippen LogP contribution in [-0.4, -0.2) is 32.7 Å². The van der Waals surface area contributed by atoms with Crippen molar-refractivity contribution < 1.29 is 9.52 Å². The highest BCUT2D eigenvalue weighted by molar-refractivity contribution is 5.00. The zero-order valence-electron chi connectivity index (χ0n) is 11.1. The number of nitrogens with one attached hydrogen (secondary N) is 1. The van der Waals surface area contributed by atoms with E-state index in [1.807, 2.05) is 18.3 Å². The average molecular weight is 264 g/mol. The van der Waals surface area contributed by atoms with Crippen molar-refractivity contribution in [3.63, 3.8) is 0 Å². The number of hydrogen-bond acceptors (Lipinski definition) is 5. The summed E-state index contributed by atoms with van der Waals surface area (Å²) in [5, 5.41) is 20.2. The van der Waals surface area contributed by atoms with Gasteiger partial charge in [0, 0.05) is 38.4 Å². The fraction of sp³-hybridized carbons (Fsp3) is 0.538. The van der Waals surface area contributed by atoms with E-state index in [-0.39, 0.29) is 6.61 Å². The highest BCUT2D eigenvalue weighted by Gasteiger charge is 2.07. The van der Waals surface area contributed by atoms with Gasteiger partial charge in [0.25, 0.3) is 0 Å². The van der Waals surface area contributed by atoms with Crippen molar-refractivity contribution in [3.05, 3.63) is 36.0 Å².